The van der Waals surface area contributed by atoms with E-state index in [0.29, 0.717) is 5.41 Å². The number of hydrogen-bond donors (Lipinski definition) is 1. The van der Waals surface area contributed by atoms with E-state index >= 15 is 0 Å². The van der Waals surface area contributed by atoms with Gasteiger partial charge in [0.2, 0.25) is 0 Å². The molecule has 1 aromatic heterocycles. The molecule has 0 amide bonds. The van der Waals surface area contributed by atoms with Gasteiger partial charge in [-0.25, -0.2) is 4.68 Å². The third-order valence-electron chi connectivity index (χ3n) is 4.50. The fraction of sp³-hybridized carbons (Fsp3) is 0.500. The van der Waals surface area contributed by atoms with Gasteiger partial charge >= 0.3 is 0 Å². The number of hydrogen-bond acceptors (Lipinski definition) is 4. The van der Waals surface area contributed by atoms with E-state index < -0.39 is 0 Å². The van der Waals surface area contributed by atoms with Crippen LogP contribution < -0.4 is 5.73 Å². The third-order valence-corrected chi connectivity index (χ3v) is 4.50. The molecule has 0 atom stereocenters. The molecule has 0 unspecified atom stereocenters. The lowest BCUT2D eigenvalue weighted by atomic mass is 10.0. The Morgan fingerprint density at radius 1 is 1.21 bits per heavy atom. The molecule has 2 aliphatic carbocycles. The van der Waals surface area contributed by atoms with E-state index in [-0.39, 0.29) is 0 Å². The van der Waals surface area contributed by atoms with Gasteiger partial charge in [-0.15, -0.1) is 5.10 Å². The molecule has 1 aromatic carbocycles. The van der Waals surface area contributed by atoms with Gasteiger partial charge in [0, 0.05) is 11.3 Å². The quantitative estimate of drug-likeness (QED) is 0.849. The van der Waals surface area contributed by atoms with Crippen molar-refractivity contribution in [3.8, 4) is 11.4 Å². The summed E-state index contributed by atoms with van der Waals surface area (Å²) < 4.78 is 1.97. The number of benzene rings is 1. The highest BCUT2D eigenvalue weighted by molar-refractivity contribution is 5.58. The van der Waals surface area contributed by atoms with Crippen molar-refractivity contribution in [3.05, 3.63) is 24.3 Å². The second-order valence-electron chi connectivity index (χ2n) is 5.92. The van der Waals surface area contributed by atoms with E-state index in [4.69, 9.17) is 5.73 Å². The lowest BCUT2D eigenvalue weighted by Crippen LogP contribution is -2.16. The normalized spacial score (nSPS) is 20.4. The van der Waals surface area contributed by atoms with Crippen LogP contribution in [0.2, 0.25) is 0 Å². The Kier molecular flexibility index (Phi) is 2.19. The molecule has 5 nitrogen and oxygen atoms in total. The average molecular weight is 255 g/mol. The Hall–Kier alpha value is -1.91. The van der Waals surface area contributed by atoms with Gasteiger partial charge in [-0.1, -0.05) is 0 Å². The van der Waals surface area contributed by atoms with Gasteiger partial charge in [-0.3, -0.25) is 0 Å². The van der Waals surface area contributed by atoms with Crippen LogP contribution in [0.25, 0.3) is 11.4 Å². The minimum atomic E-state index is 0.498. The summed E-state index contributed by atoms with van der Waals surface area (Å²) in [6, 6.07) is 7.74. The van der Waals surface area contributed by atoms with Crippen molar-refractivity contribution >= 4 is 5.69 Å². The second kappa shape index (κ2) is 3.79. The summed E-state index contributed by atoms with van der Waals surface area (Å²) in [5.41, 5.74) is 8.01. The topological polar surface area (TPSA) is 69.6 Å². The molecule has 5 heteroatoms. The van der Waals surface area contributed by atoms with Gasteiger partial charge in [-0.2, -0.15) is 0 Å². The highest BCUT2D eigenvalue weighted by Crippen LogP contribution is 2.62. The van der Waals surface area contributed by atoms with Crippen LogP contribution in [-0.4, -0.2) is 20.2 Å². The average Bonchev–Trinajstić information content (AvgIpc) is 3.30. The van der Waals surface area contributed by atoms with Gasteiger partial charge < -0.3 is 5.73 Å². The van der Waals surface area contributed by atoms with Crippen LogP contribution in [0.5, 0.6) is 0 Å². The third kappa shape index (κ3) is 1.89. The molecule has 2 saturated carbocycles. The van der Waals surface area contributed by atoms with Crippen LogP contribution in [0.3, 0.4) is 0 Å². The number of tetrazole rings is 1. The molecular weight excluding hydrogens is 238 g/mol. The van der Waals surface area contributed by atoms with E-state index in [1.54, 1.807) is 0 Å². The largest absolute Gasteiger partial charge is 0.399 e. The summed E-state index contributed by atoms with van der Waals surface area (Å²) in [7, 11) is 0. The molecule has 98 valence electrons. The van der Waals surface area contributed by atoms with Gasteiger partial charge in [-0.05, 0) is 71.7 Å². The molecule has 2 aromatic rings. The summed E-state index contributed by atoms with van der Waals surface area (Å²) in [4.78, 5) is 0. The minimum Gasteiger partial charge on any atom is -0.399 e. The first-order chi connectivity index (χ1) is 9.27. The maximum absolute atomic E-state index is 5.72. The molecule has 2 aliphatic rings. The monoisotopic (exact) mass is 255 g/mol. The Bertz CT molecular complexity index is 593. The SMILES string of the molecule is Nc1ccc(-c2nnnn2CC2(C3CC3)CC2)cc1. The van der Waals surface area contributed by atoms with E-state index in [9.17, 15) is 0 Å². The van der Waals surface area contributed by atoms with Crippen molar-refractivity contribution in [1.29, 1.82) is 0 Å². The fourth-order valence-electron chi connectivity index (χ4n) is 3.00. The number of nitrogens with two attached hydrogens (primary N) is 1. The molecule has 0 aliphatic heterocycles. The first-order valence-corrected chi connectivity index (χ1v) is 6.89. The van der Waals surface area contributed by atoms with E-state index in [0.717, 1.165) is 29.5 Å². The standard InChI is InChI=1S/C14H17N5/c15-12-5-1-10(2-6-12)13-16-17-18-19(13)9-14(7-8-14)11-3-4-11/h1-2,5-6,11H,3-4,7-9,15H2. The minimum absolute atomic E-state index is 0.498. The first kappa shape index (κ1) is 11.0. The van der Waals surface area contributed by atoms with Crippen molar-refractivity contribution in [2.75, 3.05) is 5.73 Å². The van der Waals surface area contributed by atoms with Crippen molar-refractivity contribution in [3.63, 3.8) is 0 Å². The maximum Gasteiger partial charge on any atom is 0.182 e. The zero-order valence-corrected chi connectivity index (χ0v) is 10.8. The summed E-state index contributed by atoms with van der Waals surface area (Å²) >= 11 is 0. The Morgan fingerprint density at radius 3 is 2.58 bits per heavy atom. The van der Waals surface area contributed by atoms with Crippen LogP contribution >= 0.6 is 0 Å². The van der Waals surface area contributed by atoms with E-state index in [1.165, 1.54) is 25.7 Å². The molecule has 0 spiro atoms. The maximum atomic E-state index is 5.72. The molecule has 0 radical (unpaired) electrons. The smallest absolute Gasteiger partial charge is 0.182 e. The highest BCUT2D eigenvalue weighted by Gasteiger charge is 2.54. The summed E-state index contributed by atoms with van der Waals surface area (Å²) in [5, 5.41) is 12.2. The molecule has 0 saturated heterocycles. The van der Waals surface area contributed by atoms with Crippen LogP contribution in [0.15, 0.2) is 24.3 Å². The van der Waals surface area contributed by atoms with Crippen LogP contribution in [0.4, 0.5) is 5.69 Å². The molecule has 2 N–H and O–H groups in total. The van der Waals surface area contributed by atoms with E-state index in [2.05, 4.69) is 15.5 Å². The van der Waals surface area contributed by atoms with Crippen molar-refractivity contribution < 1.29 is 0 Å². The summed E-state index contributed by atoms with van der Waals surface area (Å²) in [6.45, 7) is 0.963. The van der Waals surface area contributed by atoms with Gasteiger partial charge in [0.15, 0.2) is 5.82 Å². The number of rotatable bonds is 4. The Labute approximate surface area is 111 Å². The molecule has 1 heterocycles. The number of aromatic nitrogens is 4. The van der Waals surface area contributed by atoms with Crippen molar-refractivity contribution in [2.24, 2.45) is 11.3 Å². The molecule has 19 heavy (non-hydrogen) atoms. The van der Waals surface area contributed by atoms with Gasteiger partial charge in [0.1, 0.15) is 0 Å². The zero-order chi connectivity index (χ0) is 12.9. The van der Waals surface area contributed by atoms with Crippen LogP contribution in [0, 0.1) is 11.3 Å². The van der Waals surface area contributed by atoms with Crippen LogP contribution in [0.1, 0.15) is 25.7 Å². The van der Waals surface area contributed by atoms with Crippen molar-refractivity contribution in [2.45, 2.75) is 32.2 Å². The summed E-state index contributed by atoms with van der Waals surface area (Å²) in [5.74, 6) is 1.77. The molecule has 4 rings (SSSR count). The lowest BCUT2D eigenvalue weighted by molar-refractivity contribution is 0.348. The summed E-state index contributed by atoms with van der Waals surface area (Å²) in [6.07, 6.45) is 5.44. The Morgan fingerprint density at radius 2 is 1.95 bits per heavy atom. The highest BCUT2D eigenvalue weighted by atomic mass is 15.5. The fourth-order valence-corrected chi connectivity index (χ4v) is 3.00. The Balaban J connectivity index is 1.63. The molecule has 0 bridgehead atoms. The number of nitrogen functional groups attached to an aromatic ring is 1. The number of anilines is 1. The zero-order valence-electron chi connectivity index (χ0n) is 10.8. The molecular formula is C14H17N5. The second-order valence-corrected chi connectivity index (χ2v) is 5.92. The van der Waals surface area contributed by atoms with Crippen molar-refractivity contribution in [1.82, 2.24) is 20.2 Å². The van der Waals surface area contributed by atoms with Crippen LogP contribution in [-0.2, 0) is 6.54 Å². The number of nitrogens with zero attached hydrogens (tertiary/aromatic N) is 4. The van der Waals surface area contributed by atoms with Gasteiger partial charge in [0.25, 0.3) is 0 Å². The molecule has 2 fully saturated rings. The lowest BCUT2D eigenvalue weighted by Gasteiger charge is -2.14. The first-order valence-electron chi connectivity index (χ1n) is 6.89. The predicted octanol–water partition coefficient (Wildman–Crippen LogP) is 2.11. The predicted molar refractivity (Wildman–Crippen MR) is 72.1 cm³/mol. The van der Waals surface area contributed by atoms with Gasteiger partial charge in [0.05, 0.1) is 6.54 Å². The van der Waals surface area contributed by atoms with E-state index in [1.807, 2.05) is 28.9 Å².